The Hall–Kier alpha value is -0.900. The van der Waals surface area contributed by atoms with Gasteiger partial charge in [0.2, 0.25) is 0 Å². The normalized spacial score (nSPS) is 9.40. The number of aliphatic carboxylic acids is 1. The van der Waals surface area contributed by atoms with Crippen LogP contribution in [0.25, 0.3) is 0 Å². The number of pyridine rings is 1. The third kappa shape index (κ3) is 5.52. The van der Waals surface area contributed by atoms with E-state index in [0.29, 0.717) is 0 Å². The molecule has 0 fully saturated rings. The van der Waals surface area contributed by atoms with Crippen LogP contribution in [0.3, 0.4) is 0 Å². The molecule has 1 N–H and O–H groups in total. The summed E-state index contributed by atoms with van der Waals surface area (Å²) in [7, 11) is 0. The van der Waals surface area contributed by atoms with Crippen molar-refractivity contribution in [2.45, 2.75) is 32.7 Å². The fourth-order valence-corrected chi connectivity index (χ4v) is 1.37. The van der Waals surface area contributed by atoms with E-state index in [0.717, 1.165) is 19.4 Å². The minimum absolute atomic E-state index is 0. The van der Waals surface area contributed by atoms with Crippen molar-refractivity contribution in [1.29, 1.82) is 0 Å². The molecular formula is C11H16BrNO2. The molecule has 3 nitrogen and oxygen atoms in total. The first kappa shape index (κ1) is 14.1. The Kier molecular flexibility index (Phi) is 6.96. The van der Waals surface area contributed by atoms with Crippen molar-refractivity contribution >= 4 is 5.97 Å². The van der Waals surface area contributed by atoms with Gasteiger partial charge in [0, 0.05) is 31.9 Å². The average molecular weight is 274 g/mol. The molecule has 0 amide bonds. The Balaban J connectivity index is 0.00000196. The molecule has 0 radical (unpaired) electrons. The quantitative estimate of drug-likeness (QED) is 0.527. The number of hydrogen-bond acceptors (Lipinski definition) is 1. The van der Waals surface area contributed by atoms with E-state index in [1.807, 2.05) is 18.3 Å². The van der Waals surface area contributed by atoms with E-state index in [9.17, 15) is 4.79 Å². The lowest BCUT2D eigenvalue weighted by atomic mass is 10.2. The Morgan fingerprint density at radius 3 is 2.73 bits per heavy atom. The van der Waals surface area contributed by atoms with Gasteiger partial charge in [-0.25, -0.2) is 4.57 Å². The zero-order valence-electron chi connectivity index (χ0n) is 8.82. The van der Waals surface area contributed by atoms with Gasteiger partial charge in [0.05, 0.1) is 0 Å². The average Bonchev–Trinajstić information content (AvgIpc) is 2.15. The summed E-state index contributed by atoms with van der Waals surface area (Å²) in [6.07, 6.45) is 3.96. The zero-order valence-corrected chi connectivity index (χ0v) is 10.4. The molecule has 0 atom stereocenters. The maximum absolute atomic E-state index is 10.3. The highest BCUT2D eigenvalue weighted by Gasteiger charge is 2.04. The molecule has 84 valence electrons. The number of halogens is 1. The molecule has 0 saturated heterocycles. The minimum atomic E-state index is -0.709. The van der Waals surface area contributed by atoms with Gasteiger partial charge in [-0.1, -0.05) is 6.07 Å². The van der Waals surface area contributed by atoms with Crippen molar-refractivity contribution in [1.82, 2.24) is 0 Å². The topological polar surface area (TPSA) is 41.2 Å². The number of carbonyl (C=O) groups is 1. The summed E-state index contributed by atoms with van der Waals surface area (Å²) in [6.45, 7) is 2.96. The second-order valence-electron chi connectivity index (χ2n) is 3.39. The molecule has 1 heterocycles. The molecule has 0 spiro atoms. The second kappa shape index (κ2) is 7.40. The first-order valence-corrected chi connectivity index (χ1v) is 4.87. The smallest absolute Gasteiger partial charge is 0.303 e. The van der Waals surface area contributed by atoms with Gasteiger partial charge in [0.15, 0.2) is 11.9 Å². The molecule has 4 heteroatoms. The van der Waals surface area contributed by atoms with Crippen LogP contribution in [0.15, 0.2) is 24.4 Å². The molecule has 15 heavy (non-hydrogen) atoms. The first-order valence-electron chi connectivity index (χ1n) is 4.87. The van der Waals surface area contributed by atoms with Crippen LogP contribution in [0.2, 0.25) is 0 Å². The van der Waals surface area contributed by atoms with E-state index in [4.69, 9.17) is 5.11 Å². The second-order valence-corrected chi connectivity index (χ2v) is 3.39. The standard InChI is InChI=1S/C11H15NO2.BrH/c1-10-6-2-4-8-12(10)9-5-3-7-11(13)14;/h2,4,6,8H,3,5,7,9H2,1H3;1H. The van der Waals surface area contributed by atoms with Crippen molar-refractivity contribution < 1.29 is 31.4 Å². The number of unbranched alkanes of at least 4 members (excludes halogenated alkanes) is 1. The summed E-state index contributed by atoms with van der Waals surface area (Å²) in [4.78, 5) is 10.3. The van der Waals surface area contributed by atoms with Gasteiger partial charge < -0.3 is 22.1 Å². The van der Waals surface area contributed by atoms with Crippen LogP contribution in [0.4, 0.5) is 0 Å². The van der Waals surface area contributed by atoms with Crippen molar-refractivity contribution in [3.8, 4) is 0 Å². The molecule has 0 unspecified atom stereocenters. The van der Waals surface area contributed by atoms with Crippen molar-refractivity contribution in [3.05, 3.63) is 30.1 Å². The van der Waals surface area contributed by atoms with Crippen LogP contribution in [0, 0.1) is 6.92 Å². The summed E-state index contributed by atoms with van der Waals surface area (Å²) in [6, 6.07) is 6.05. The summed E-state index contributed by atoms with van der Waals surface area (Å²) in [5.41, 5.74) is 1.21. The molecule has 0 aliphatic heterocycles. The monoisotopic (exact) mass is 273 g/mol. The largest absolute Gasteiger partial charge is 1.00 e. The molecule has 0 saturated carbocycles. The molecule has 1 rings (SSSR count). The van der Waals surface area contributed by atoms with Crippen LogP contribution in [0.1, 0.15) is 25.0 Å². The molecular weight excluding hydrogens is 258 g/mol. The van der Waals surface area contributed by atoms with Gasteiger partial charge in [-0.15, -0.1) is 0 Å². The lowest BCUT2D eigenvalue weighted by Crippen LogP contribution is -3.00. The van der Waals surface area contributed by atoms with E-state index in [1.165, 1.54) is 5.69 Å². The fourth-order valence-electron chi connectivity index (χ4n) is 1.37. The third-order valence-electron chi connectivity index (χ3n) is 2.21. The predicted molar refractivity (Wildman–Crippen MR) is 52.9 cm³/mol. The lowest BCUT2D eigenvalue weighted by molar-refractivity contribution is -0.703. The van der Waals surface area contributed by atoms with Gasteiger partial charge in [-0.3, -0.25) is 4.79 Å². The Bertz CT molecular complexity index is 315. The molecule has 0 aromatic carbocycles. The highest BCUT2D eigenvalue weighted by molar-refractivity contribution is 5.66. The van der Waals surface area contributed by atoms with Crippen LogP contribution in [0.5, 0.6) is 0 Å². The van der Waals surface area contributed by atoms with E-state index in [-0.39, 0.29) is 23.4 Å². The maximum atomic E-state index is 10.3. The summed E-state index contributed by atoms with van der Waals surface area (Å²) in [5, 5.41) is 8.46. The molecule has 1 aromatic rings. The molecule has 0 aliphatic carbocycles. The summed E-state index contributed by atoms with van der Waals surface area (Å²) in [5.74, 6) is -0.709. The van der Waals surface area contributed by atoms with Crippen molar-refractivity contribution in [2.75, 3.05) is 0 Å². The minimum Gasteiger partial charge on any atom is -1.00 e. The van der Waals surface area contributed by atoms with E-state index >= 15 is 0 Å². The van der Waals surface area contributed by atoms with Crippen molar-refractivity contribution in [3.63, 3.8) is 0 Å². The van der Waals surface area contributed by atoms with Gasteiger partial charge >= 0.3 is 5.97 Å². The van der Waals surface area contributed by atoms with Gasteiger partial charge in [0.25, 0.3) is 0 Å². The lowest BCUT2D eigenvalue weighted by Gasteiger charge is -1.98. The van der Waals surface area contributed by atoms with Crippen LogP contribution in [-0.4, -0.2) is 11.1 Å². The van der Waals surface area contributed by atoms with Gasteiger partial charge in [-0.2, -0.15) is 0 Å². The molecule has 0 aliphatic rings. The van der Waals surface area contributed by atoms with E-state index in [1.54, 1.807) is 0 Å². The Morgan fingerprint density at radius 2 is 2.13 bits per heavy atom. The fraction of sp³-hybridized carbons (Fsp3) is 0.455. The van der Waals surface area contributed by atoms with Crippen LogP contribution in [-0.2, 0) is 11.3 Å². The molecule has 1 aromatic heterocycles. The maximum Gasteiger partial charge on any atom is 0.303 e. The SMILES string of the molecule is Cc1cccc[n+]1CCCCC(=O)O.[Br-]. The van der Waals surface area contributed by atoms with Gasteiger partial charge in [0.1, 0.15) is 6.54 Å². The number of aryl methyl sites for hydroxylation is 2. The summed E-state index contributed by atoms with van der Waals surface area (Å²) >= 11 is 0. The third-order valence-corrected chi connectivity index (χ3v) is 2.21. The number of rotatable bonds is 5. The number of hydrogen-bond donors (Lipinski definition) is 1. The van der Waals surface area contributed by atoms with Gasteiger partial charge in [-0.05, 0) is 6.42 Å². The highest BCUT2D eigenvalue weighted by Crippen LogP contribution is 1.96. The van der Waals surface area contributed by atoms with Crippen LogP contribution < -0.4 is 21.5 Å². The zero-order chi connectivity index (χ0) is 10.4. The van der Waals surface area contributed by atoms with E-state index in [2.05, 4.69) is 17.6 Å². The first-order chi connectivity index (χ1) is 6.70. The number of carboxylic acids is 1. The highest BCUT2D eigenvalue weighted by atomic mass is 79.9. The summed E-state index contributed by atoms with van der Waals surface area (Å²) < 4.78 is 2.14. The number of aromatic nitrogens is 1. The molecule has 0 bridgehead atoms. The Labute approximate surface area is 101 Å². The van der Waals surface area contributed by atoms with Crippen LogP contribution >= 0.6 is 0 Å². The Morgan fingerprint density at radius 1 is 1.40 bits per heavy atom. The number of nitrogens with zero attached hydrogens (tertiary/aromatic N) is 1. The van der Waals surface area contributed by atoms with E-state index < -0.39 is 5.97 Å². The predicted octanol–water partition coefficient (Wildman–Crippen LogP) is -1.46. The number of carboxylic acid groups (broad SMARTS) is 1. The van der Waals surface area contributed by atoms with Crippen molar-refractivity contribution in [2.24, 2.45) is 0 Å².